The second-order valence-electron chi connectivity index (χ2n) is 6.36. The summed E-state index contributed by atoms with van der Waals surface area (Å²) in [6.45, 7) is 2.93. The molecule has 2 aromatic rings. The van der Waals surface area contributed by atoms with Crippen LogP contribution in [-0.2, 0) is 0 Å². The second kappa shape index (κ2) is 12.5. The largest absolute Gasteiger partial charge is 0.493 e. The maximum Gasteiger partial charge on any atom is 0.271 e. The van der Waals surface area contributed by atoms with Crippen LogP contribution in [0.15, 0.2) is 53.6 Å². The number of amides is 1. The number of hydrazone groups is 1. The number of rotatable bonds is 11. The summed E-state index contributed by atoms with van der Waals surface area (Å²) in [4.78, 5) is 12.1. The van der Waals surface area contributed by atoms with Crippen LogP contribution in [0.5, 0.6) is 5.75 Å². The molecule has 1 N–H and O–H groups in total. The Morgan fingerprint density at radius 2 is 1.85 bits per heavy atom. The number of hydrogen-bond acceptors (Lipinski definition) is 3. The zero-order valence-electron chi connectivity index (χ0n) is 15.8. The molecule has 0 aliphatic rings. The summed E-state index contributed by atoms with van der Waals surface area (Å²) in [5, 5.41) is 4.08. The van der Waals surface area contributed by atoms with Crippen LogP contribution in [-0.4, -0.2) is 18.7 Å². The van der Waals surface area contributed by atoms with Gasteiger partial charge in [-0.2, -0.15) is 5.10 Å². The lowest BCUT2D eigenvalue weighted by Gasteiger charge is -2.09. The molecule has 5 heteroatoms. The second-order valence-corrected chi connectivity index (χ2v) is 7.61. The number of nitrogens with one attached hydrogen (secondary N) is 1. The van der Waals surface area contributed by atoms with E-state index < -0.39 is 0 Å². The molecule has 0 bridgehead atoms. The van der Waals surface area contributed by atoms with Gasteiger partial charge in [0, 0.05) is 14.7 Å². The maximum atomic E-state index is 12.1. The lowest BCUT2D eigenvalue weighted by Crippen LogP contribution is -2.17. The predicted octanol–water partition coefficient (Wildman–Crippen LogP) is 5.79. The number of halogens is 1. The number of hydrogen-bond donors (Lipinski definition) is 1. The molecular formula is C22H27IN2O2. The highest BCUT2D eigenvalue weighted by Crippen LogP contribution is 2.17. The number of para-hydroxylation sites is 1. The molecule has 0 spiro atoms. The highest BCUT2D eigenvalue weighted by Gasteiger charge is 2.05. The average molecular weight is 478 g/mol. The van der Waals surface area contributed by atoms with Crippen LogP contribution < -0.4 is 10.2 Å². The van der Waals surface area contributed by atoms with Crippen LogP contribution in [0.4, 0.5) is 0 Å². The lowest BCUT2D eigenvalue weighted by atomic mass is 10.1. The van der Waals surface area contributed by atoms with Crippen molar-refractivity contribution in [3.05, 3.63) is 63.2 Å². The van der Waals surface area contributed by atoms with Crippen molar-refractivity contribution in [1.82, 2.24) is 5.43 Å². The number of carbonyl (C=O) groups is 1. The third-order valence-electron chi connectivity index (χ3n) is 4.13. The summed E-state index contributed by atoms with van der Waals surface area (Å²) in [7, 11) is 0. The van der Waals surface area contributed by atoms with Crippen molar-refractivity contribution in [3.8, 4) is 5.75 Å². The fourth-order valence-electron chi connectivity index (χ4n) is 2.64. The summed E-state index contributed by atoms with van der Waals surface area (Å²) in [6.07, 6.45) is 9.03. The van der Waals surface area contributed by atoms with Crippen molar-refractivity contribution in [2.45, 2.75) is 45.4 Å². The minimum absolute atomic E-state index is 0.227. The first-order chi connectivity index (χ1) is 13.2. The van der Waals surface area contributed by atoms with E-state index in [1.165, 1.54) is 32.1 Å². The van der Waals surface area contributed by atoms with Crippen molar-refractivity contribution in [1.29, 1.82) is 0 Å². The molecule has 0 aliphatic heterocycles. The summed E-state index contributed by atoms with van der Waals surface area (Å²) in [5.41, 5.74) is 4.01. The standard InChI is InChI=1S/C22H27IN2O2/c1-2-3-4-5-6-9-15-27-21-14-8-7-11-19(21)17-24-25-22(26)18-12-10-13-20(23)16-18/h7-8,10-14,16-17H,2-6,9,15H2,1H3,(H,25,26). The average Bonchev–Trinajstić information content (AvgIpc) is 2.68. The monoisotopic (exact) mass is 478 g/mol. The van der Waals surface area contributed by atoms with Gasteiger partial charge in [0.2, 0.25) is 0 Å². The van der Waals surface area contributed by atoms with E-state index >= 15 is 0 Å². The van der Waals surface area contributed by atoms with Crippen LogP contribution in [0.2, 0.25) is 0 Å². The molecule has 0 aliphatic carbocycles. The van der Waals surface area contributed by atoms with E-state index in [0.717, 1.165) is 21.3 Å². The topological polar surface area (TPSA) is 50.7 Å². The molecule has 27 heavy (non-hydrogen) atoms. The number of carbonyl (C=O) groups excluding carboxylic acids is 1. The minimum Gasteiger partial charge on any atom is -0.493 e. The van der Waals surface area contributed by atoms with Gasteiger partial charge in [-0.15, -0.1) is 0 Å². The molecule has 0 saturated carbocycles. The highest BCUT2D eigenvalue weighted by molar-refractivity contribution is 14.1. The Hall–Kier alpha value is -1.89. The molecule has 0 unspecified atom stereocenters. The summed E-state index contributed by atoms with van der Waals surface area (Å²) >= 11 is 2.18. The van der Waals surface area contributed by atoms with Crippen molar-refractivity contribution in [3.63, 3.8) is 0 Å². The van der Waals surface area contributed by atoms with E-state index in [0.29, 0.717) is 12.2 Å². The first-order valence-electron chi connectivity index (χ1n) is 9.51. The van der Waals surface area contributed by atoms with E-state index in [9.17, 15) is 4.79 Å². The summed E-state index contributed by atoms with van der Waals surface area (Å²) in [6, 6.07) is 15.1. The Morgan fingerprint density at radius 1 is 1.07 bits per heavy atom. The van der Waals surface area contributed by atoms with Gasteiger partial charge < -0.3 is 4.74 Å². The molecule has 0 fully saturated rings. The number of ether oxygens (including phenoxy) is 1. The van der Waals surface area contributed by atoms with Crippen LogP contribution in [0.3, 0.4) is 0 Å². The molecule has 0 aromatic heterocycles. The maximum absolute atomic E-state index is 12.1. The highest BCUT2D eigenvalue weighted by atomic mass is 127. The molecule has 4 nitrogen and oxygen atoms in total. The van der Waals surface area contributed by atoms with Gasteiger partial charge >= 0.3 is 0 Å². The van der Waals surface area contributed by atoms with Gasteiger partial charge in [-0.1, -0.05) is 57.2 Å². The fourth-order valence-corrected chi connectivity index (χ4v) is 3.18. The number of unbranched alkanes of at least 4 members (excludes halogenated alkanes) is 5. The summed E-state index contributed by atoms with van der Waals surface area (Å²) in [5.74, 6) is 0.563. The number of nitrogens with zero attached hydrogens (tertiary/aromatic N) is 1. The SMILES string of the molecule is CCCCCCCCOc1ccccc1C=NNC(=O)c1cccc(I)c1. The molecule has 144 valence electrons. The Labute approximate surface area is 175 Å². The van der Waals surface area contributed by atoms with E-state index in [2.05, 4.69) is 40.0 Å². The first-order valence-corrected chi connectivity index (χ1v) is 10.6. The molecular weight excluding hydrogens is 451 g/mol. The van der Waals surface area contributed by atoms with E-state index in [1.54, 1.807) is 12.3 Å². The molecule has 1 amide bonds. The van der Waals surface area contributed by atoms with Crippen LogP contribution in [0.1, 0.15) is 61.4 Å². The van der Waals surface area contributed by atoms with Crippen LogP contribution in [0.25, 0.3) is 0 Å². The first kappa shape index (κ1) is 21.4. The molecule has 2 rings (SSSR count). The van der Waals surface area contributed by atoms with Gasteiger partial charge in [0.25, 0.3) is 5.91 Å². The third-order valence-corrected chi connectivity index (χ3v) is 4.80. The zero-order valence-corrected chi connectivity index (χ0v) is 17.9. The van der Waals surface area contributed by atoms with Gasteiger partial charge in [0.15, 0.2) is 0 Å². The van der Waals surface area contributed by atoms with E-state index in [-0.39, 0.29) is 5.91 Å². The Kier molecular flexibility index (Phi) is 9.90. The van der Waals surface area contributed by atoms with Crippen molar-refractivity contribution in [2.24, 2.45) is 5.10 Å². The molecule has 0 radical (unpaired) electrons. The normalized spacial score (nSPS) is 10.9. The smallest absolute Gasteiger partial charge is 0.271 e. The summed E-state index contributed by atoms with van der Waals surface area (Å²) < 4.78 is 6.91. The van der Waals surface area contributed by atoms with Crippen molar-refractivity contribution < 1.29 is 9.53 Å². The number of benzene rings is 2. The lowest BCUT2D eigenvalue weighted by molar-refractivity contribution is 0.0955. The van der Waals surface area contributed by atoms with Gasteiger partial charge in [0.05, 0.1) is 12.8 Å². The third kappa shape index (κ3) is 8.12. The van der Waals surface area contributed by atoms with Crippen LogP contribution in [0, 0.1) is 3.57 Å². The van der Waals surface area contributed by atoms with Gasteiger partial charge in [0.1, 0.15) is 5.75 Å². The Balaban J connectivity index is 1.82. The molecule has 2 aromatic carbocycles. The van der Waals surface area contributed by atoms with Gasteiger partial charge in [-0.3, -0.25) is 4.79 Å². The van der Waals surface area contributed by atoms with Crippen molar-refractivity contribution in [2.75, 3.05) is 6.61 Å². The molecule has 0 atom stereocenters. The Bertz CT molecular complexity index is 747. The van der Waals surface area contributed by atoms with Crippen molar-refractivity contribution >= 4 is 34.7 Å². The van der Waals surface area contributed by atoms with E-state index in [1.807, 2.05) is 42.5 Å². The zero-order chi connectivity index (χ0) is 19.3. The van der Waals surface area contributed by atoms with Crippen LogP contribution >= 0.6 is 22.6 Å². The van der Waals surface area contributed by atoms with Gasteiger partial charge in [-0.25, -0.2) is 5.43 Å². The van der Waals surface area contributed by atoms with E-state index in [4.69, 9.17) is 4.74 Å². The predicted molar refractivity (Wildman–Crippen MR) is 120 cm³/mol. The minimum atomic E-state index is -0.227. The fraction of sp³-hybridized carbons (Fsp3) is 0.364. The molecule has 0 saturated heterocycles. The van der Waals surface area contributed by atoms with Gasteiger partial charge in [-0.05, 0) is 59.3 Å². The quantitative estimate of drug-likeness (QED) is 0.192. The molecule has 0 heterocycles. The Morgan fingerprint density at radius 3 is 2.67 bits per heavy atom.